The van der Waals surface area contributed by atoms with Crippen LogP contribution in [0.15, 0.2) is 36.5 Å². The van der Waals surface area contributed by atoms with Crippen LogP contribution in [-0.2, 0) is 0 Å². The van der Waals surface area contributed by atoms with Crippen LogP contribution in [0.3, 0.4) is 0 Å². The first-order valence-electron chi connectivity index (χ1n) is 7.09. The summed E-state index contributed by atoms with van der Waals surface area (Å²) in [6, 6.07) is 9.57. The fraction of sp³-hybridized carbons (Fsp3) is 0.294. The predicted octanol–water partition coefficient (Wildman–Crippen LogP) is 4.07. The highest BCUT2D eigenvalue weighted by molar-refractivity contribution is 6.01. The minimum absolute atomic E-state index is 0.147. The Morgan fingerprint density at radius 3 is 2.48 bits per heavy atom. The fourth-order valence-electron chi connectivity index (χ4n) is 2.07. The number of urea groups is 1. The van der Waals surface area contributed by atoms with Crippen LogP contribution in [-0.4, -0.2) is 17.6 Å². The average Bonchev–Trinajstić information content (AvgIpc) is 2.46. The molecule has 0 aliphatic carbocycles. The van der Waals surface area contributed by atoms with Gasteiger partial charge >= 0.3 is 6.03 Å². The molecule has 0 saturated carbocycles. The van der Waals surface area contributed by atoms with Gasteiger partial charge in [-0.3, -0.25) is 9.88 Å². The topological polar surface area (TPSA) is 45.2 Å². The number of hydrogen-bond acceptors (Lipinski definition) is 2. The number of hydrogen-bond donors (Lipinski definition) is 1. The van der Waals surface area contributed by atoms with E-state index >= 15 is 0 Å². The van der Waals surface area contributed by atoms with E-state index in [1.54, 1.807) is 11.1 Å². The largest absolute Gasteiger partial charge is 0.326 e. The molecule has 4 nitrogen and oxygen atoms in total. The Bertz CT molecular complexity index is 635. The number of anilines is 2. The van der Waals surface area contributed by atoms with Gasteiger partial charge in [-0.15, -0.1) is 0 Å². The van der Waals surface area contributed by atoms with Crippen molar-refractivity contribution in [3.8, 4) is 0 Å². The van der Waals surface area contributed by atoms with E-state index in [4.69, 9.17) is 0 Å². The zero-order valence-electron chi connectivity index (χ0n) is 13.0. The van der Waals surface area contributed by atoms with Crippen molar-refractivity contribution in [3.63, 3.8) is 0 Å². The van der Waals surface area contributed by atoms with Crippen molar-refractivity contribution in [1.29, 1.82) is 0 Å². The molecule has 2 rings (SSSR count). The molecule has 1 heterocycles. The first-order chi connectivity index (χ1) is 10.0. The van der Waals surface area contributed by atoms with E-state index in [1.807, 2.05) is 51.1 Å². The SMILES string of the molecule is CCN(C(=O)Nc1ccc(C)c(C)c1)c1ccc(C)nc1. The smallest absolute Gasteiger partial charge is 0.308 e. The van der Waals surface area contributed by atoms with Gasteiger partial charge in [-0.05, 0) is 63.1 Å². The number of nitrogens with one attached hydrogen (secondary N) is 1. The molecule has 0 saturated heterocycles. The molecule has 0 bridgehead atoms. The standard InChI is InChI=1S/C17H21N3O/c1-5-20(16-9-7-14(4)18-11-16)17(21)19-15-8-6-12(2)13(3)10-15/h6-11H,5H2,1-4H3,(H,19,21). The summed E-state index contributed by atoms with van der Waals surface area (Å²) in [5, 5.41) is 2.93. The number of carbonyl (C=O) groups is 1. The Morgan fingerprint density at radius 2 is 1.90 bits per heavy atom. The zero-order valence-corrected chi connectivity index (χ0v) is 13.0. The van der Waals surface area contributed by atoms with Gasteiger partial charge in [0.15, 0.2) is 0 Å². The van der Waals surface area contributed by atoms with Crippen LogP contribution in [0.25, 0.3) is 0 Å². The van der Waals surface area contributed by atoms with E-state index in [9.17, 15) is 4.79 Å². The number of rotatable bonds is 3. The molecular weight excluding hydrogens is 262 g/mol. The molecule has 21 heavy (non-hydrogen) atoms. The van der Waals surface area contributed by atoms with Crippen LogP contribution in [0.2, 0.25) is 0 Å². The van der Waals surface area contributed by atoms with E-state index in [-0.39, 0.29) is 6.03 Å². The highest BCUT2D eigenvalue weighted by Crippen LogP contribution is 2.17. The quantitative estimate of drug-likeness (QED) is 0.923. The highest BCUT2D eigenvalue weighted by Gasteiger charge is 2.14. The van der Waals surface area contributed by atoms with Gasteiger partial charge in [0, 0.05) is 17.9 Å². The number of aryl methyl sites for hydroxylation is 3. The predicted molar refractivity (Wildman–Crippen MR) is 86.9 cm³/mol. The van der Waals surface area contributed by atoms with Gasteiger partial charge in [0.2, 0.25) is 0 Å². The molecular formula is C17H21N3O. The Morgan fingerprint density at radius 1 is 1.14 bits per heavy atom. The van der Waals surface area contributed by atoms with E-state index < -0.39 is 0 Å². The summed E-state index contributed by atoms with van der Waals surface area (Å²) < 4.78 is 0. The van der Waals surface area contributed by atoms with Gasteiger partial charge in [0.05, 0.1) is 11.9 Å². The maximum Gasteiger partial charge on any atom is 0.326 e. The summed E-state index contributed by atoms with van der Waals surface area (Å²) in [4.78, 5) is 18.3. The minimum atomic E-state index is -0.147. The lowest BCUT2D eigenvalue weighted by Gasteiger charge is -2.21. The lowest BCUT2D eigenvalue weighted by molar-refractivity contribution is 0.257. The lowest BCUT2D eigenvalue weighted by atomic mass is 10.1. The number of benzene rings is 1. The average molecular weight is 283 g/mol. The second-order valence-electron chi connectivity index (χ2n) is 5.13. The Kier molecular flexibility index (Phi) is 4.58. The molecule has 110 valence electrons. The molecule has 2 aromatic rings. The van der Waals surface area contributed by atoms with Crippen molar-refractivity contribution in [3.05, 3.63) is 53.3 Å². The molecule has 2 amide bonds. The molecule has 4 heteroatoms. The molecule has 0 fully saturated rings. The molecule has 0 spiro atoms. The minimum Gasteiger partial charge on any atom is -0.308 e. The number of nitrogens with zero attached hydrogens (tertiary/aromatic N) is 2. The van der Waals surface area contributed by atoms with Gasteiger partial charge in [-0.25, -0.2) is 4.79 Å². The summed E-state index contributed by atoms with van der Waals surface area (Å²) in [6.45, 7) is 8.54. The molecule has 1 N–H and O–H groups in total. The Labute approximate surface area is 125 Å². The van der Waals surface area contributed by atoms with Crippen LogP contribution < -0.4 is 10.2 Å². The fourth-order valence-corrected chi connectivity index (χ4v) is 2.07. The van der Waals surface area contributed by atoms with Crippen LogP contribution in [0, 0.1) is 20.8 Å². The van der Waals surface area contributed by atoms with Crippen LogP contribution in [0.1, 0.15) is 23.7 Å². The van der Waals surface area contributed by atoms with Crippen molar-refractivity contribution in [1.82, 2.24) is 4.98 Å². The summed E-state index contributed by atoms with van der Waals surface area (Å²) in [5.41, 5.74) is 4.91. The van der Waals surface area contributed by atoms with Crippen molar-refractivity contribution < 1.29 is 4.79 Å². The third-order valence-corrected chi connectivity index (χ3v) is 3.53. The highest BCUT2D eigenvalue weighted by atomic mass is 16.2. The molecule has 0 atom stereocenters. The molecule has 0 aliphatic heterocycles. The summed E-state index contributed by atoms with van der Waals surface area (Å²) in [7, 11) is 0. The number of aromatic nitrogens is 1. The summed E-state index contributed by atoms with van der Waals surface area (Å²) >= 11 is 0. The number of amides is 2. The van der Waals surface area contributed by atoms with Crippen molar-refractivity contribution in [2.24, 2.45) is 0 Å². The first-order valence-corrected chi connectivity index (χ1v) is 7.09. The van der Waals surface area contributed by atoms with Crippen LogP contribution in [0.5, 0.6) is 0 Å². The molecule has 0 radical (unpaired) electrons. The zero-order chi connectivity index (χ0) is 15.4. The second-order valence-corrected chi connectivity index (χ2v) is 5.13. The van der Waals surface area contributed by atoms with Crippen LogP contribution >= 0.6 is 0 Å². The van der Waals surface area contributed by atoms with Gasteiger partial charge in [-0.1, -0.05) is 6.07 Å². The Hall–Kier alpha value is -2.36. The second kappa shape index (κ2) is 6.39. The molecule has 0 aliphatic rings. The molecule has 0 unspecified atom stereocenters. The van der Waals surface area contributed by atoms with Crippen LogP contribution in [0.4, 0.5) is 16.2 Å². The van der Waals surface area contributed by atoms with Crippen molar-refractivity contribution in [2.75, 3.05) is 16.8 Å². The van der Waals surface area contributed by atoms with Gasteiger partial charge < -0.3 is 5.32 Å². The third kappa shape index (κ3) is 3.60. The lowest BCUT2D eigenvalue weighted by Crippen LogP contribution is -2.34. The maximum atomic E-state index is 12.4. The monoisotopic (exact) mass is 283 g/mol. The van der Waals surface area contributed by atoms with E-state index in [2.05, 4.69) is 17.2 Å². The van der Waals surface area contributed by atoms with Gasteiger partial charge in [0.1, 0.15) is 0 Å². The van der Waals surface area contributed by atoms with E-state index in [0.717, 1.165) is 22.6 Å². The third-order valence-electron chi connectivity index (χ3n) is 3.53. The Balaban J connectivity index is 2.16. The normalized spacial score (nSPS) is 10.3. The molecule has 1 aromatic carbocycles. The van der Waals surface area contributed by atoms with Crippen molar-refractivity contribution >= 4 is 17.4 Å². The van der Waals surface area contributed by atoms with E-state index in [0.29, 0.717) is 6.54 Å². The van der Waals surface area contributed by atoms with Gasteiger partial charge in [-0.2, -0.15) is 0 Å². The number of carbonyl (C=O) groups excluding carboxylic acids is 1. The maximum absolute atomic E-state index is 12.4. The molecule has 1 aromatic heterocycles. The van der Waals surface area contributed by atoms with Gasteiger partial charge in [0.25, 0.3) is 0 Å². The summed E-state index contributed by atoms with van der Waals surface area (Å²) in [6.07, 6.45) is 1.72. The number of pyridine rings is 1. The summed E-state index contributed by atoms with van der Waals surface area (Å²) in [5.74, 6) is 0. The van der Waals surface area contributed by atoms with Crippen molar-refractivity contribution in [2.45, 2.75) is 27.7 Å². The first kappa shape index (κ1) is 15.0. The van der Waals surface area contributed by atoms with E-state index in [1.165, 1.54) is 5.56 Å².